The zero-order chi connectivity index (χ0) is 15.2. The third-order valence-corrected chi connectivity index (χ3v) is 4.00. The van der Waals surface area contributed by atoms with E-state index in [-0.39, 0.29) is 17.9 Å². The van der Waals surface area contributed by atoms with Gasteiger partial charge in [-0.3, -0.25) is 9.59 Å². The van der Waals surface area contributed by atoms with E-state index in [1.165, 1.54) is 7.11 Å². The van der Waals surface area contributed by atoms with Gasteiger partial charge in [0.25, 0.3) is 5.91 Å². The van der Waals surface area contributed by atoms with Crippen molar-refractivity contribution in [1.29, 1.82) is 0 Å². The Hall–Kier alpha value is -1.88. The number of hydrogen-bond acceptors (Lipinski definition) is 3. The predicted octanol–water partition coefficient (Wildman–Crippen LogP) is 2.13. The molecule has 5 heteroatoms. The van der Waals surface area contributed by atoms with E-state index in [2.05, 4.69) is 5.32 Å². The monoisotopic (exact) mass is 291 g/mol. The molecule has 0 spiro atoms. The molecule has 0 aromatic heterocycles. The molecule has 1 saturated carbocycles. The molecule has 21 heavy (non-hydrogen) atoms. The lowest BCUT2D eigenvalue weighted by Crippen LogP contribution is -2.41. The Balaban J connectivity index is 1.91. The van der Waals surface area contributed by atoms with Gasteiger partial charge in [-0.15, -0.1) is 0 Å². The van der Waals surface area contributed by atoms with Crippen LogP contribution in [0.1, 0.15) is 37.4 Å². The number of carbonyl (C=O) groups is 2. The summed E-state index contributed by atoms with van der Waals surface area (Å²) in [7, 11) is 1.51. The molecule has 0 bridgehead atoms. The largest absolute Gasteiger partial charge is 0.481 e. The highest BCUT2D eigenvalue weighted by Crippen LogP contribution is 2.25. The van der Waals surface area contributed by atoms with E-state index in [0.717, 1.165) is 5.56 Å². The highest BCUT2D eigenvalue weighted by molar-refractivity contribution is 5.82. The first-order valence-electron chi connectivity index (χ1n) is 7.22. The molecule has 0 radical (unpaired) electrons. The fourth-order valence-corrected chi connectivity index (χ4v) is 2.78. The van der Waals surface area contributed by atoms with Gasteiger partial charge in [0, 0.05) is 13.2 Å². The van der Waals surface area contributed by atoms with E-state index in [1.807, 2.05) is 30.3 Å². The Labute approximate surface area is 124 Å². The minimum absolute atomic E-state index is 0.0365. The number of rotatable bonds is 5. The molecule has 5 nitrogen and oxygen atoms in total. The molecule has 114 valence electrons. The maximum Gasteiger partial charge on any atom is 0.306 e. The van der Waals surface area contributed by atoms with Gasteiger partial charge in [0.2, 0.25) is 0 Å². The smallest absolute Gasteiger partial charge is 0.306 e. The van der Waals surface area contributed by atoms with Gasteiger partial charge in [-0.25, -0.2) is 0 Å². The van der Waals surface area contributed by atoms with Gasteiger partial charge < -0.3 is 15.2 Å². The number of ether oxygens (including phenoxy) is 1. The molecule has 2 rings (SSSR count). The summed E-state index contributed by atoms with van der Waals surface area (Å²) in [6.45, 7) is 0. The molecule has 1 aromatic carbocycles. The average molecular weight is 291 g/mol. The van der Waals surface area contributed by atoms with Crippen LogP contribution in [0.25, 0.3) is 0 Å². The van der Waals surface area contributed by atoms with E-state index < -0.39 is 12.1 Å². The van der Waals surface area contributed by atoms with Gasteiger partial charge in [-0.1, -0.05) is 30.3 Å². The van der Waals surface area contributed by atoms with Crippen molar-refractivity contribution >= 4 is 11.9 Å². The first kappa shape index (κ1) is 15.5. The zero-order valence-corrected chi connectivity index (χ0v) is 12.1. The topological polar surface area (TPSA) is 75.6 Å². The van der Waals surface area contributed by atoms with Crippen LogP contribution in [-0.2, 0) is 14.3 Å². The summed E-state index contributed by atoms with van der Waals surface area (Å²) < 4.78 is 5.29. The molecule has 1 aliphatic rings. The highest BCUT2D eigenvalue weighted by atomic mass is 16.5. The van der Waals surface area contributed by atoms with Crippen LogP contribution in [0.4, 0.5) is 0 Å². The Bertz CT molecular complexity index is 480. The van der Waals surface area contributed by atoms with Crippen molar-refractivity contribution < 1.29 is 19.4 Å². The van der Waals surface area contributed by atoms with Gasteiger partial charge in [0.05, 0.1) is 5.92 Å². The third-order valence-electron chi connectivity index (χ3n) is 4.00. The first-order chi connectivity index (χ1) is 10.1. The van der Waals surface area contributed by atoms with Gasteiger partial charge in [-0.05, 0) is 31.2 Å². The fourth-order valence-electron chi connectivity index (χ4n) is 2.78. The zero-order valence-electron chi connectivity index (χ0n) is 12.1. The molecule has 1 amide bonds. The summed E-state index contributed by atoms with van der Waals surface area (Å²) in [5.41, 5.74) is 0.816. The minimum atomic E-state index is -0.737. The second-order valence-electron chi connectivity index (χ2n) is 5.42. The molecule has 1 atom stereocenters. The Morgan fingerprint density at radius 2 is 1.81 bits per heavy atom. The van der Waals surface area contributed by atoms with Crippen LogP contribution in [0.5, 0.6) is 0 Å². The van der Waals surface area contributed by atoms with Crippen molar-refractivity contribution in [1.82, 2.24) is 5.32 Å². The van der Waals surface area contributed by atoms with Crippen molar-refractivity contribution in [3.05, 3.63) is 35.9 Å². The summed E-state index contributed by atoms with van der Waals surface area (Å²) in [5.74, 6) is -1.17. The average Bonchev–Trinajstić information content (AvgIpc) is 2.49. The van der Waals surface area contributed by atoms with E-state index in [1.54, 1.807) is 0 Å². The van der Waals surface area contributed by atoms with Gasteiger partial charge in [0.15, 0.2) is 6.10 Å². The normalized spacial score (nSPS) is 23.3. The van der Waals surface area contributed by atoms with Crippen LogP contribution in [0.2, 0.25) is 0 Å². The SMILES string of the molecule is COC(C(=O)NC1CCC(C(=O)O)CC1)c1ccccc1. The molecule has 0 heterocycles. The lowest BCUT2D eigenvalue weighted by Gasteiger charge is -2.28. The van der Waals surface area contributed by atoms with Crippen LogP contribution in [0.15, 0.2) is 30.3 Å². The summed E-state index contributed by atoms with van der Waals surface area (Å²) in [4.78, 5) is 23.2. The number of methoxy groups -OCH3 is 1. The second kappa shape index (κ2) is 7.22. The van der Waals surface area contributed by atoms with Crippen LogP contribution in [0, 0.1) is 5.92 Å². The summed E-state index contributed by atoms with van der Waals surface area (Å²) >= 11 is 0. The number of amides is 1. The molecule has 0 aliphatic heterocycles. The minimum Gasteiger partial charge on any atom is -0.481 e. The van der Waals surface area contributed by atoms with Crippen molar-refractivity contribution in [2.24, 2.45) is 5.92 Å². The van der Waals surface area contributed by atoms with Gasteiger partial charge in [-0.2, -0.15) is 0 Å². The molecular weight excluding hydrogens is 270 g/mol. The van der Waals surface area contributed by atoms with Gasteiger partial charge >= 0.3 is 5.97 Å². The third kappa shape index (κ3) is 4.04. The van der Waals surface area contributed by atoms with Crippen LogP contribution >= 0.6 is 0 Å². The Morgan fingerprint density at radius 3 is 2.33 bits per heavy atom. The number of benzene rings is 1. The maximum atomic E-state index is 12.3. The Kier molecular flexibility index (Phi) is 5.33. The van der Waals surface area contributed by atoms with Crippen LogP contribution in [-0.4, -0.2) is 30.1 Å². The summed E-state index contributed by atoms with van der Waals surface area (Å²) in [6, 6.07) is 9.37. The lowest BCUT2D eigenvalue weighted by atomic mass is 9.86. The van der Waals surface area contributed by atoms with Crippen LogP contribution in [0.3, 0.4) is 0 Å². The molecule has 1 aliphatic carbocycles. The van der Waals surface area contributed by atoms with Gasteiger partial charge in [0.1, 0.15) is 0 Å². The number of nitrogens with one attached hydrogen (secondary N) is 1. The quantitative estimate of drug-likeness (QED) is 0.871. The van der Waals surface area contributed by atoms with Crippen LogP contribution < -0.4 is 5.32 Å². The maximum absolute atomic E-state index is 12.3. The van der Waals surface area contributed by atoms with Crippen molar-refractivity contribution in [3.63, 3.8) is 0 Å². The van der Waals surface area contributed by atoms with Crippen molar-refractivity contribution in [3.8, 4) is 0 Å². The van der Waals surface area contributed by atoms with E-state index in [9.17, 15) is 9.59 Å². The number of carboxylic acids is 1. The lowest BCUT2D eigenvalue weighted by molar-refractivity contribution is -0.142. The molecule has 1 fully saturated rings. The molecular formula is C16H21NO4. The first-order valence-corrected chi connectivity index (χ1v) is 7.22. The predicted molar refractivity (Wildman–Crippen MR) is 77.7 cm³/mol. The number of aliphatic carboxylic acids is 1. The number of hydrogen-bond donors (Lipinski definition) is 2. The standard InChI is InChI=1S/C16H21NO4/c1-21-14(11-5-3-2-4-6-11)15(18)17-13-9-7-12(8-10-13)16(19)20/h2-6,12-14H,7-10H2,1H3,(H,17,18)(H,19,20). The molecule has 1 aromatic rings. The molecule has 1 unspecified atom stereocenters. The number of carbonyl (C=O) groups excluding carboxylic acids is 1. The van der Waals surface area contributed by atoms with Crippen molar-refractivity contribution in [2.75, 3.05) is 7.11 Å². The van der Waals surface area contributed by atoms with Crippen molar-refractivity contribution in [2.45, 2.75) is 37.8 Å². The molecule has 0 saturated heterocycles. The Morgan fingerprint density at radius 1 is 1.19 bits per heavy atom. The second-order valence-corrected chi connectivity index (χ2v) is 5.42. The summed E-state index contributed by atoms with van der Waals surface area (Å²) in [6.07, 6.45) is 2.01. The molecule has 2 N–H and O–H groups in total. The fraction of sp³-hybridized carbons (Fsp3) is 0.500. The highest BCUT2D eigenvalue weighted by Gasteiger charge is 2.28. The number of carboxylic acid groups (broad SMARTS) is 1. The van der Waals surface area contributed by atoms with E-state index in [0.29, 0.717) is 25.7 Å². The van der Waals surface area contributed by atoms with E-state index >= 15 is 0 Å². The van der Waals surface area contributed by atoms with E-state index in [4.69, 9.17) is 9.84 Å². The summed E-state index contributed by atoms with van der Waals surface area (Å²) in [5, 5.41) is 11.9.